The molecule has 1 aliphatic heterocycles. The van der Waals surface area contributed by atoms with Crippen LogP contribution in [0.5, 0.6) is 0 Å². The summed E-state index contributed by atoms with van der Waals surface area (Å²) in [4.78, 5) is 31.4. The van der Waals surface area contributed by atoms with Crippen molar-refractivity contribution in [2.24, 2.45) is 0 Å². The molecule has 0 radical (unpaired) electrons. The molecule has 5 rings (SSSR count). The SMILES string of the molecule is CN(C)CCCn1cc(C2=C(c3c[nH]c4ccccc34)C(=O)NC2=O)c2c(Br)cccc21. The number of imide groups is 1. The molecule has 1 aliphatic rings. The molecular weight excluding hydrogens is 468 g/mol. The summed E-state index contributed by atoms with van der Waals surface area (Å²) < 4.78 is 3.07. The van der Waals surface area contributed by atoms with Crippen molar-refractivity contribution < 1.29 is 9.59 Å². The topological polar surface area (TPSA) is 70.1 Å². The van der Waals surface area contributed by atoms with E-state index in [1.807, 2.05) is 48.8 Å². The Kier molecular flexibility index (Phi) is 5.23. The second kappa shape index (κ2) is 8.07. The normalized spacial score (nSPS) is 14.4. The lowest BCUT2D eigenvalue weighted by Gasteiger charge is -2.10. The van der Waals surface area contributed by atoms with Crippen LogP contribution >= 0.6 is 15.9 Å². The van der Waals surface area contributed by atoms with Gasteiger partial charge in [0.05, 0.1) is 11.1 Å². The van der Waals surface area contributed by atoms with Gasteiger partial charge >= 0.3 is 0 Å². The van der Waals surface area contributed by atoms with Crippen molar-refractivity contribution in [3.63, 3.8) is 0 Å². The number of hydrogen-bond donors (Lipinski definition) is 2. The van der Waals surface area contributed by atoms with Crippen LogP contribution in [0.2, 0.25) is 0 Å². The fourth-order valence-corrected chi connectivity index (χ4v) is 5.06. The standard InChI is InChI=1S/C25H23BrN4O2/c1-29(2)11-6-12-30-14-17(21-18(26)8-5-10-20(21)30)23-22(24(31)28-25(23)32)16-13-27-19-9-4-3-7-15(16)19/h3-5,7-10,13-14,27H,6,11-12H2,1-2H3,(H,28,31,32). The fourth-order valence-electron chi connectivity index (χ4n) is 4.49. The molecular formula is C25H23BrN4O2. The zero-order chi connectivity index (χ0) is 22.4. The number of halogens is 1. The lowest BCUT2D eigenvalue weighted by Crippen LogP contribution is -2.22. The van der Waals surface area contributed by atoms with E-state index in [4.69, 9.17) is 0 Å². The lowest BCUT2D eigenvalue weighted by atomic mass is 9.95. The molecule has 7 heteroatoms. The summed E-state index contributed by atoms with van der Waals surface area (Å²) in [6, 6.07) is 13.8. The number of aromatic amines is 1. The molecule has 0 atom stereocenters. The highest BCUT2D eigenvalue weighted by atomic mass is 79.9. The predicted molar refractivity (Wildman–Crippen MR) is 131 cm³/mol. The van der Waals surface area contributed by atoms with E-state index in [0.717, 1.165) is 56.9 Å². The summed E-state index contributed by atoms with van der Waals surface area (Å²) in [6.45, 7) is 1.78. The summed E-state index contributed by atoms with van der Waals surface area (Å²) >= 11 is 3.68. The van der Waals surface area contributed by atoms with Crippen molar-refractivity contribution in [2.75, 3.05) is 20.6 Å². The van der Waals surface area contributed by atoms with Crippen LogP contribution < -0.4 is 5.32 Å². The smallest absolute Gasteiger partial charge is 0.259 e. The van der Waals surface area contributed by atoms with Gasteiger partial charge in [0, 0.05) is 56.3 Å². The van der Waals surface area contributed by atoms with Gasteiger partial charge < -0.3 is 14.5 Å². The first kappa shape index (κ1) is 20.7. The zero-order valence-corrected chi connectivity index (χ0v) is 19.5. The van der Waals surface area contributed by atoms with Gasteiger partial charge in [0.2, 0.25) is 0 Å². The molecule has 32 heavy (non-hydrogen) atoms. The summed E-state index contributed by atoms with van der Waals surface area (Å²) in [6.07, 6.45) is 4.79. The maximum absolute atomic E-state index is 13.1. The van der Waals surface area contributed by atoms with Crippen LogP contribution in [0, 0.1) is 0 Å². The summed E-state index contributed by atoms with van der Waals surface area (Å²) in [7, 11) is 4.12. The molecule has 0 saturated carbocycles. The number of benzene rings is 2. The number of nitrogens with zero attached hydrogens (tertiary/aromatic N) is 2. The van der Waals surface area contributed by atoms with Crippen LogP contribution in [0.15, 0.2) is 59.3 Å². The molecule has 3 heterocycles. The molecule has 0 fully saturated rings. The summed E-state index contributed by atoms with van der Waals surface area (Å²) in [5.74, 6) is -0.728. The van der Waals surface area contributed by atoms with Crippen molar-refractivity contribution in [3.05, 3.63) is 70.5 Å². The van der Waals surface area contributed by atoms with Gasteiger partial charge in [-0.2, -0.15) is 0 Å². The van der Waals surface area contributed by atoms with E-state index in [1.54, 1.807) is 0 Å². The van der Waals surface area contributed by atoms with Crippen LogP contribution in [0.25, 0.3) is 33.0 Å². The van der Waals surface area contributed by atoms with Gasteiger partial charge in [-0.15, -0.1) is 0 Å². The van der Waals surface area contributed by atoms with E-state index < -0.39 is 0 Å². The van der Waals surface area contributed by atoms with Crippen molar-refractivity contribution in [1.82, 2.24) is 19.8 Å². The van der Waals surface area contributed by atoms with Crippen molar-refractivity contribution in [1.29, 1.82) is 0 Å². The molecule has 2 aromatic heterocycles. The van der Waals surface area contributed by atoms with E-state index in [0.29, 0.717) is 11.1 Å². The predicted octanol–water partition coefficient (Wildman–Crippen LogP) is 4.40. The first-order valence-corrected chi connectivity index (χ1v) is 11.3. The van der Waals surface area contributed by atoms with Gasteiger partial charge in [-0.05, 0) is 45.3 Å². The van der Waals surface area contributed by atoms with E-state index >= 15 is 0 Å². The molecule has 0 aliphatic carbocycles. The number of hydrogen-bond acceptors (Lipinski definition) is 3. The third-order valence-corrected chi connectivity index (χ3v) is 6.58. The maximum atomic E-state index is 13.1. The van der Waals surface area contributed by atoms with Gasteiger partial charge in [0.1, 0.15) is 0 Å². The molecule has 2 aromatic carbocycles. The number of carbonyl (C=O) groups is 2. The number of amides is 2. The van der Waals surface area contributed by atoms with Crippen LogP contribution in [-0.4, -0.2) is 46.9 Å². The van der Waals surface area contributed by atoms with Crippen LogP contribution in [-0.2, 0) is 16.1 Å². The van der Waals surface area contributed by atoms with E-state index in [9.17, 15) is 9.59 Å². The Balaban J connectivity index is 1.74. The zero-order valence-electron chi connectivity index (χ0n) is 17.9. The minimum Gasteiger partial charge on any atom is -0.361 e. The third-order valence-electron chi connectivity index (χ3n) is 5.92. The molecule has 4 aromatic rings. The molecule has 162 valence electrons. The highest BCUT2D eigenvalue weighted by Gasteiger charge is 2.35. The van der Waals surface area contributed by atoms with Crippen LogP contribution in [0.3, 0.4) is 0 Å². The minimum absolute atomic E-state index is 0.363. The fraction of sp³-hybridized carbons (Fsp3) is 0.200. The average molecular weight is 491 g/mol. The highest BCUT2D eigenvalue weighted by Crippen LogP contribution is 2.40. The van der Waals surface area contributed by atoms with Gasteiger partial charge in [0.25, 0.3) is 11.8 Å². The molecule has 0 bridgehead atoms. The summed E-state index contributed by atoms with van der Waals surface area (Å²) in [5, 5.41) is 4.38. The number of H-pyrrole nitrogens is 1. The molecule has 2 N–H and O–H groups in total. The quantitative estimate of drug-likeness (QED) is 0.393. The molecule has 0 unspecified atom stereocenters. The third kappa shape index (κ3) is 3.38. The van der Waals surface area contributed by atoms with Gasteiger partial charge in [0.15, 0.2) is 0 Å². The number of aromatic nitrogens is 2. The minimum atomic E-state index is -0.365. The number of rotatable bonds is 6. The van der Waals surface area contributed by atoms with E-state index in [-0.39, 0.29) is 11.8 Å². The number of carbonyl (C=O) groups excluding carboxylic acids is 2. The second-order valence-corrected chi connectivity index (χ2v) is 9.16. The molecule has 6 nitrogen and oxygen atoms in total. The second-order valence-electron chi connectivity index (χ2n) is 8.31. The largest absolute Gasteiger partial charge is 0.361 e. The molecule has 2 amide bonds. The monoisotopic (exact) mass is 490 g/mol. The number of nitrogens with one attached hydrogen (secondary N) is 2. The van der Waals surface area contributed by atoms with Gasteiger partial charge in [-0.1, -0.05) is 40.2 Å². The molecule has 0 saturated heterocycles. The van der Waals surface area contributed by atoms with Gasteiger partial charge in [-0.3, -0.25) is 14.9 Å². The lowest BCUT2D eigenvalue weighted by molar-refractivity contribution is -0.122. The Morgan fingerprint density at radius 2 is 1.72 bits per heavy atom. The Bertz CT molecular complexity index is 1410. The van der Waals surface area contributed by atoms with Crippen molar-refractivity contribution >= 4 is 60.7 Å². The van der Waals surface area contributed by atoms with Crippen molar-refractivity contribution in [2.45, 2.75) is 13.0 Å². The number of aryl methyl sites for hydroxylation is 1. The Hall–Kier alpha value is -3.16. The highest BCUT2D eigenvalue weighted by molar-refractivity contribution is 9.10. The molecule has 0 spiro atoms. The van der Waals surface area contributed by atoms with Crippen molar-refractivity contribution in [3.8, 4) is 0 Å². The maximum Gasteiger partial charge on any atom is 0.259 e. The van der Waals surface area contributed by atoms with Crippen LogP contribution in [0.4, 0.5) is 0 Å². The Morgan fingerprint density at radius 1 is 0.969 bits per heavy atom. The number of para-hydroxylation sites is 1. The first-order valence-electron chi connectivity index (χ1n) is 10.5. The van der Waals surface area contributed by atoms with E-state index in [1.165, 1.54) is 0 Å². The van der Waals surface area contributed by atoms with Gasteiger partial charge in [-0.25, -0.2) is 0 Å². The van der Waals surface area contributed by atoms with E-state index in [2.05, 4.69) is 55.9 Å². The average Bonchev–Trinajstić information content (AvgIpc) is 3.41. The summed E-state index contributed by atoms with van der Waals surface area (Å²) in [5.41, 5.74) is 4.29. The first-order chi connectivity index (χ1) is 15.5. The Morgan fingerprint density at radius 3 is 2.50 bits per heavy atom. The Labute approximate surface area is 194 Å². The number of fused-ring (bicyclic) bond motifs is 2. The van der Waals surface area contributed by atoms with Crippen LogP contribution in [0.1, 0.15) is 17.5 Å².